The summed E-state index contributed by atoms with van der Waals surface area (Å²) < 4.78 is 42.4. The van der Waals surface area contributed by atoms with Crippen LogP contribution in [0, 0.1) is 5.82 Å². The molecule has 0 aliphatic carbocycles. The van der Waals surface area contributed by atoms with Gasteiger partial charge in [0.2, 0.25) is 0 Å². The smallest absolute Gasteiger partial charge is 0.387 e. The Morgan fingerprint density at radius 1 is 1.19 bits per heavy atom. The third-order valence-corrected chi connectivity index (χ3v) is 2.76. The molecule has 0 saturated heterocycles. The number of ether oxygens (including phenoxy) is 1. The van der Waals surface area contributed by atoms with Crippen LogP contribution in [0.1, 0.15) is 10.4 Å². The van der Waals surface area contributed by atoms with Gasteiger partial charge in [0.05, 0.1) is 11.3 Å². The molecule has 2 rings (SSSR count). The van der Waals surface area contributed by atoms with Crippen LogP contribution in [0.15, 0.2) is 42.5 Å². The standard InChI is InChI=1S/C14H9ClF3NO2/c15-8-5-6-10(16)9(7-8)13(20)19-11-3-1-2-4-12(11)21-14(17)18/h1-7,14H,(H,19,20). The van der Waals surface area contributed by atoms with Crippen LogP contribution in [0.2, 0.25) is 5.02 Å². The molecule has 0 spiro atoms. The van der Waals surface area contributed by atoms with Gasteiger partial charge in [0.25, 0.3) is 5.91 Å². The number of alkyl halides is 2. The number of carbonyl (C=O) groups is 1. The second-order valence-corrected chi connectivity index (χ2v) is 4.39. The Labute approximate surface area is 123 Å². The van der Waals surface area contributed by atoms with Crippen molar-refractivity contribution < 1.29 is 22.7 Å². The maximum absolute atomic E-state index is 13.6. The minimum atomic E-state index is -3.04. The van der Waals surface area contributed by atoms with Crippen LogP contribution < -0.4 is 10.1 Å². The molecule has 0 radical (unpaired) electrons. The lowest BCUT2D eigenvalue weighted by atomic mass is 10.2. The van der Waals surface area contributed by atoms with E-state index in [1.807, 2.05) is 0 Å². The van der Waals surface area contributed by atoms with E-state index in [0.717, 1.165) is 12.1 Å². The number of carbonyl (C=O) groups excluding carboxylic acids is 1. The average Bonchev–Trinajstić information content (AvgIpc) is 2.43. The molecule has 0 bridgehead atoms. The first-order valence-electron chi connectivity index (χ1n) is 5.77. The van der Waals surface area contributed by atoms with Crippen LogP contribution in [-0.2, 0) is 0 Å². The Hall–Kier alpha value is -2.21. The Balaban J connectivity index is 2.25. The topological polar surface area (TPSA) is 38.3 Å². The summed E-state index contributed by atoms with van der Waals surface area (Å²) in [5, 5.41) is 2.48. The molecule has 7 heteroatoms. The van der Waals surface area contributed by atoms with E-state index in [0.29, 0.717) is 0 Å². The minimum Gasteiger partial charge on any atom is -0.433 e. The molecular formula is C14H9ClF3NO2. The fraction of sp³-hybridized carbons (Fsp3) is 0.0714. The first-order valence-corrected chi connectivity index (χ1v) is 6.15. The third kappa shape index (κ3) is 3.88. The van der Waals surface area contributed by atoms with Crippen LogP contribution in [-0.4, -0.2) is 12.5 Å². The highest BCUT2D eigenvalue weighted by molar-refractivity contribution is 6.31. The number of benzene rings is 2. The van der Waals surface area contributed by atoms with Gasteiger partial charge in [-0.15, -0.1) is 0 Å². The summed E-state index contributed by atoms with van der Waals surface area (Å²) in [6, 6.07) is 9.08. The van der Waals surface area contributed by atoms with Gasteiger partial charge >= 0.3 is 6.61 Å². The molecule has 1 amide bonds. The number of rotatable bonds is 4. The summed E-state index contributed by atoms with van der Waals surface area (Å²) in [6.45, 7) is -3.04. The molecule has 110 valence electrons. The Bertz CT molecular complexity index is 664. The predicted molar refractivity (Wildman–Crippen MR) is 72.4 cm³/mol. The van der Waals surface area contributed by atoms with Crippen molar-refractivity contribution in [1.29, 1.82) is 0 Å². The average molecular weight is 316 g/mol. The van der Waals surface area contributed by atoms with Gasteiger partial charge in [-0.25, -0.2) is 4.39 Å². The molecule has 0 heterocycles. The second-order valence-electron chi connectivity index (χ2n) is 3.95. The number of anilines is 1. The van der Waals surface area contributed by atoms with E-state index in [2.05, 4.69) is 10.1 Å². The van der Waals surface area contributed by atoms with Gasteiger partial charge in [-0.2, -0.15) is 8.78 Å². The largest absolute Gasteiger partial charge is 0.433 e. The summed E-state index contributed by atoms with van der Waals surface area (Å²) in [7, 11) is 0. The highest BCUT2D eigenvalue weighted by atomic mass is 35.5. The lowest BCUT2D eigenvalue weighted by Gasteiger charge is -2.12. The number of halogens is 4. The van der Waals surface area contributed by atoms with Crippen molar-refractivity contribution in [3.63, 3.8) is 0 Å². The van der Waals surface area contributed by atoms with E-state index in [4.69, 9.17) is 11.6 Å². The molecule has 0 aromatic heterocycles. The van der Waals surface area contributed by atoms with Crippen molar-refractivity contribution in [3.05, 3.63) is 58.9 Å². The zero-order valence-corrected chi connectivity index (χ0v) is 11.2. The number of hydrogen-bond donors (Lipinski definition) is 1. The van der Waals surface area contributed by atoms with Crippen molar-refractivity contribution >= 4 is 23.2 Å². The van der Waals surface area contributed by atoms with Crippen molar-refractivity contribution in [2.75, 3.05) is 5.32 Å². The van der Waals surface area contributed by atoms with Gasteiger partial charge in [0.15, 0.2) is 0 Å². The van der Waals surface area contributed by atoms with Crippen LogP contribution in [0.5, 0.6) is 5.75 Å². The maximum atomic E-state index is 13.6. The van der Waals surface area contributed by atoms with Crippen molar-refractivity contribution in [3.8, 4) is 5.75 Å². The molecule has 0 fully saturated rings. The normalized spacial score (nSPS) is 10.5. The van der Waals surface area contributed by atoms with E-state index in [1.165, 1.54) is 30.3 Å². The molecule has 3 nitrogen and oxygen atoms in total. The zero-order valence-electron chi connectivity index (χ0n) is 10.4. The van der Waals surface area contributed by atoms with E-state index >= 15 is 0 Å². The van der Waals surface area contributed by atoms with E-state index in [1.54, 1.807) is 0 Å². The van der Waals surface area contributed by atoms with E-state index in [-0.39, 0.29) is 22.0 Å². The van der Waals surface area contributed by atoms with Gasteiger partial charge in [-0.05, 0) is 30.3 Å². The van der Waals surface area contributed by atoms with Crippen LogP contribution >= 0.6 is 11.6 Å². The number of hydrogen-bond acceptors (Lipinski definition) is 2. The molecule has 0 aliphatic heterocycles. The summed E-state index contributed by atoms with van der Waals surface area (Å²) in [5.74, 6) is -1.81. The minimum absolute atomic E-state index is 0.00201. The summed E-state index contributed by atoms with van der Waals surface area (Å²) >= 11 is 5.69. The maximum Gasteiger partial charge on any atom is 0.387 e. The number of amides is 1. The zero-order chi connectivity index (χ0) is 15.4. The molecule has 0 atom stereocenters. The second kappa shape index (κ2) is 6.49. The molecule has 1 N–H and O–H groups in total. The Kier molecular flexibility index (Phi) is 4.70. The van der Waals surface area contributed by atoms with E-state index in [9.17, 15) is 18.0 Å². The van der Waals surface area contributed by atoms with Crippen molar-refractivity contribution in [2.45, 2.75) is 6.61 Å². The molecule has 0 unspecified atom stereocenters. The van der Waals surface area contributed by atoms with Crippen LogP contribution in [0.3, 0.4) is 0 Å². The van der Waals surface area contributed by atoms with Crippen molar-refractivity contribution in [1.82, 2.24) is 0 Å². The molecule has 2 aromatic rings. The number of para-hydroxylation sites is 2. The fourth-order valence-corrected chi connectivity index (χ4v) is 1.80. The summed E-state index contributed by atoms with van der Waals surface area (Å²) in [4.78, 5) is 12.0. The summed E-state index contributed by atoms with van der Waals surface area (Å²) in [5.41, 5.74) is -0.295. The first kappa shape index (κ1) is 15.2. The lowest BCUT2D eigenvalue weighted by molar-refractivity contribution is -0.0493. The Morgan fingerprint density at radius 3 is 2.62 bits per heavy atom. The van der Waals surface area contributed by atoms with Gasteiger partial charge < -0.3 is 10.1 Å². The van der Waals surface area contributed by atoms with Gasteiger partial charge in [0.1, 0.15) is 11.6 Å². The Morgan fingerprint density at radius 2 is 1.90 bits per heavy atom. The predicted octanol–water partition coefficient (Wildman–Crippen LogP) is 4.33. The van der Waals surface area contributed by atoms with Gasteiger partial charge in [0, 0.05) is 5.02 Å². The summed E-state index contributed by atoms with van der Waals surface area (Å²) in [6.07, 6.45) is 0. The molecule has 0 aliphatic rings. The first-order chi connectivity index (χ1) is 9.97. The quantitative estimate of drug-likeness (QED) is 0.912. The van der Waals surface area contributed by atoms with Gasteiger partial charge in [-0.1, -0.05) is 23.7 Å². The molecule has 2 aromatic carbocycles. The lowest BCUT2D eigenvalue weighted by Crippen LogP contribution is -2.15. The van der Waals surface area contributed by atoms with Crippen molar-refractivity contribution in [2.24, 2.45) is 0 Å². The monoisotopic (exact) mass is 315 g/mol. The van der Waals surface area contributed by atoms with Crippen LogP contribution in [0.25, 0.3) is 0 Å². The highest BCUT2D eigenvalue weighted by Crippen LogP contribution is 2.26. The molecule has 21 heavy (non-hydrogen) atoms. The molecule has 0 saturated carbocycles. The molecular weight excluding hydrogens is 307 g/mol. The SMILES string of the molecule is O=C(Nc1ccccc1OC(F)F)c1cc(Cl)ccc1F. The van der Waals surface area contributed by atoms with E-state index < -0.39 is 18.3 Å². The van der Waals surface area contributed by atoms with Gasteiger partial charge in [-0.3, -0.25) is 4.79 Å². The fourth-order valence-electron chi connectivity index (χ4n) is 1.63. The third-order valence-electron chi connectivity index (χ3n) is 2.52. The van der Waals surface area contributed by atoms with Crippen LogP contribution in [0.4, 0.5) is 18.9 Å². The number of nitrogens with one attached hydrogen (secondary N) is 1. The highest BCUT2D eigenvalue weighted by Gasteiger charge is 2.15.